The molecule has 0 amide bonds. The molecule has 0 unspecified atom stereocenters. The third-order valence-electron chi connectivity index (χ3n) is 4.85. The predicted octanol–water partition coefficient (Wildman–Crippen LogP) is 3.08. The van der Waals surface area contributed by atoms with Gasteiger partial charge in [0.1, 0.15) is 0 Å². The summed E-state index contributed by atoms with van der Waals surface area (Å²) in [4.78, 5) is 9.08. The molecule has 26 heavy (non-hydrogen) atoms. The van der Waals surface area contributed by atoms with Crippen LogP contribution in [0, 0.1) is 12.3 Å². The van der Waals surface area contributed by atoms with Crippen LogP contribution in [-0.4, -0.2) is 49.5 Å². The summed E-state index contributed by atoms with van der Waals surface area (Å²) in [6, 6.07) is 0. The average Bonchev–Trinajstić information content (AvgIpc) is 3.24. The molecule has 0 saturated heterocycles. The summed E-state index contributed by atoms with van der Waals surface area (Å²) in [5.41, 5.74) is 0.319. The van der Waals surface area contributed by atoms with Crippen LogP contribution < -0.4 is 10.6 Å². The van der Waals surface area contributed by atoms with E-state index in [1.165, 1.54) is 25.7 Å². The summed E-state index contributed by atoms with van der Waals surface area (Å²) in [7, 11) is 1.78. The van der Waals surface area contributed by atoms with Crippen LogP contribution in [0.15, 0.2) is 9.52 Å². The van der Waals surface area contributed by atoms with Crippen LogP contribution in [-0.2, 0) is 11.2 Å². The molecule has 0 bridgehead atoms. The van der Waals surface area contributed by atoms with E-state index in [4.69, 9.17) is 14.3 Å². The number of nitrogens with one attached hydrogen (secondary N) is 2. The standard InChI is InChI=1S/C18H33N5O2.HI/c1-4-19-17(20-12-7-8-16-22-15(2)23-25-16)21-14-18(11-13-24-3)9-5-6-10-18;/h4-14H2,1-3H3,(H2,19,20,21);1H. The van der Waals surface area contributed by atoms with Crippen molar-refractivity contribution in [1.29, 1.82) is 0 Å². The van der Waals surface area contributed by atoms with E-state index < -0.39 is 0 Å². The Hall–Kier alpha value is -0.900. The van der Waals surface area contributed by atoms with E-state index >= 15 is 0 Å². The van der Waals surface area contributed by atoms with Crippen molar-refractivity contribution in [2.45, 2.75) is 58.8 Å². The second-order valence-corrected chi connectivity index (χ2v) is 6.91. The van der Waals surface area contributed by atoms with Crippen LogP contribution in [0.25, 0.3) is 0 Å². The number of guanidine groups is 1. The second kappa shape index (κ2) is 12.5. The molecule has 2 N–H and O–H groups in total. The largest absolute Gasteiger partial charge is 0.385 e. The minimum absolute atomic E-state index is 0. The molecule has 1 aliphatic carbocycles. The maximum atomic E-state index is 5.31. The molecule has 1 saturated carbocycles. The maximum Gasteiger partial charge on any atom is 0.226 e. The fourth-order valence-corrected chi connectivity index (χ4v) is 3.41. The predicted molar refractivity (Wildman–Crippen MR) is 114 cm³/mol. The van der Waals surface area contributed by atoms with Gasteiger partial charge < -0.3 is 19.9 Å². The second-order valence-electron chi connectivity index (χ2n) is 6.91. The summed E-state index contributed by atoms with van der Waals surface area (Å²) < 4.78 is 10.4. The molecule has 7 nitrogen and oxygen atoms in total. The summed E-state index contributed by atoms with van der Waals surface area (Å²) >= 11 is 0. The molecule has 0 aromatic carbocycles. The molecule has 1 fully saturated rings. The first-order chi connectivity index (χ1) is 12.2. The Balaban J connectivity index is 0.00000338. The lowest BCUT2D eigenvalue weighted by atomic mass is 9.83. The zero-order valence-electron chi connectivity index (χ0n) is 16.3. The molecule has 1 aromatic heterocycles. The van der Waals surface area contributed by atoms with Crippen molar-refractivity contribution in [3.8, 4) is 0 Å². The van der Waals surface area contributed by atoms with Gasteiger partial charge in [-0.25, -0.2) is 0 Å². The van der Waals surface area contributed by atoms with Crippen LogP contribution in [0.1, 0.15) is 57.2 Å². The summed E-state index contributed by atoms with van der Waals surface area (Å²) in [5.74, 6) is 2.29. The molecule has 2 rings (SSSR count). The van der Waals surface area contributed by atoms with E-state index in [2.05, 4.69) is 27.7 Å². The summed E-state index contributed by atoms with van der Waals surface area (Å²) in [6.45, 7) is 7.31. The molecule has 150 valence electrons. The van der Waals surface area contributed by atoms with Crippen molar-refractivity contribution >= 4 is 29.9 Å². The number of rotatable bonds is 10. The third-order valence-corrected chi connectivity index (χ3v) is 4.85. The van der Waals surface area contributed by atoms with Crippen molar-refractivity contribution < 1.29 is 9.26 Å². The highest BCUT2D eigenvalue weighted by Gasteiger charge is 2.33. The number of methoxy groups -OCH3 is 1. The van der Waals surface area contributed by atoms with E-state index in [0.29, 0.717) is 17.1 Å². The normalized spacial score (nSPS) is 16.3. The van der Waals surface area contributed by atoms with Gasteiger partial charge in [-0.3, -0.25) is 4.99 Å². The number of nitrogens with zero attached hydrogens (tertiary/aromatic N) is 3. The molecule has 0 aliphatic heterocycles. The number of aromatic nitrogens is 2. The highest BCUT2D eigenvalue weighted by atomic mass is 127. The topological polar surface area (TPSA) is 84.6 Å². The molecular weight excluding hydrogens is 445 g/mol. The first kappa shape index (κ1) is 23.1. The number of aryl methyl sites for hydroxylation is 2. The van der Waals surface area contributed by atoms with Gasteiger partial charge in [0.25, 0.3) is 0 Å². The van der Waals surface area contributed by atoms with Gasteiger partial charge in [0.2, 0.25) is 5.89 Å². The molecule has 8 heteroatoms. The van der Waals surface area contributed by atoms with Crippen LogP contribution in [0.2, 0.25) is 0 Å². The number of ether oxygens (including phenoxy) is 1. The number of hydrogen-bond donors (Lipinski definition) is 2. The lowest BCUT2D eigenvalue weighted by molar-refractivity contribution is 0.141. The Bertz CT molecular complexity index is 529. The smallest absolute Gasteiger partial charge is 0.226 e. The zero-order valence-corrected chi connectivity index (χ0v) is 18.7. The van der Waals surface area contributed by atoms with Gasteiger partial charge in [0.05, 0.1) is 0 Å². The monoisotopic (exact) mass is 479 g/mol. The van der Waals surface area contributed by atoms with Gasteiger partial charge in [-0.1, -0.05) is 18.0 Å². The molecule has 1 heterocycles. The van der Waals surface area contributed by atoms with Crippen molar-refractivity contribution in [1.82, 2.24) is 20.8 Å². The van der Waals surface area contributed by atoms with E-state index in [1.54, 1.807) is 7.11 Å². The lowest BCUT2D eigenvalue weighted by Crippen LogP contribution is -2.39. The van der Waals surface area contributed by atoms with Crippen molar-refractivity contribution in [2.75, 3.05) is 33.4 Å². The molecule has 0 spiro atoms. The van der Waals surface area contributed by atoms with Crippen LogP contribution in [0.4, 0.5) is 0 Å². The SMILES string of the molecule is CCNC(=NCC1(CCOC)CCCC1)NCCCc1nc(C)no1.I. The van der Waals surface area contributed by atoms with Gasteiger partial charge in [0.15, 0.2) is 11.8 Å². The summed E-state index contributed by atoms with van der Waals surface area (Å²) in [6.07, 6.45) is 7.96. The average molecular weight is 479 g/mol. The first-order valence-corrected chi connectivity index (χ1v) is 9.48. The molecular formula is C18H34IN5O2. The summed E-state index contributed by atoms with van der Waals surface area (Å²) in [5, 5.41) is 10.6. The number of hydrogen-bond acceptors (Lipinski definition) is 5. The molecule has 1 aliphatic rings. The Morgan fingerprint density at radius 3 is 2.69 bits per heavy atom. The van der Waals surface area contributed by atoms with Crippen molar-refractivity contribution in [3.05, 3.63) is 11.7 Å². The van der Waals surface area contributed by atoms with E-state index in [-0.39, 0.29) is 24.0 Å². The lowest BCUT2D eigenvalue weighted by Gasteiger charge is -2.27. The van der Waals surface area contributed by atoms with E-state index in [0.717, 1.165) is 51.5 Å². The molecule has 0 atom stereocenters. The van der Waals surface area contributed by atoms with Gasteiger partial charge in [0, 0.05) is 39.8 Å². The van der Waals surface area contributed by atoms with Gasteiger partial charge in [-0.05, 0) is 44.9 Å². The van der Waals surface area contributed by atoms with Gasteiger partial charge >= 0.3 is 0 Å². The first-order valence-electron chi connectivity index (χ1n) is 9.48. The highest BCUT2D eigenvalue weighted by Crippen LogP contribution is 2.41. The minimum Gasteiger partial charge on any atom is -0.385 e. The Labute approximate surface area is 174 Å². The Morgan fingerprint density at radius 2 is 2.08 bits per heavy atom. The van der Waals surface area contributed by atoms with Crippen molar-refractivity contribution in [3.63, 3.8) is 0 Å². The van der Waals surface area contributed by atoms with Crippen LogP contribution >= 0.6 is 24.0 Å². The number of halogens is 1. The maximum absolute atomic E-state index is 5.31. The van der Waals surface area contributed by atoms with Gasteiger partial charge in [-0.15, -0.1) is 24.0 Å². The van der Waals surface area contributed by atoms with Crippen LogP contribution in [0.3, 0.4) is 0 Å². The molecule has 0 radical (unpaired) electrons. The van der Waals surface area contributed by atoms with Crippen LogP contribution in [0.5, 0.6) is 0 Å². The fourth-order valence-electron chi connectivity index (χ4n) is 3.41. The third kappa shape index (κ3) is 7.77. The van der Waals surface area contributed by atoms with E-state index in [1.807, 2.05) is 6.92 Å². The zero-order chi connectivity index (χ0) is 18.0. The Kier molecular flexibility index (Phi) is 11.1. The molecule has 1 aromatic rings. The fraction of sp³-hybridized carbons (Fsp3) is 0.833. The minimum atomic E-state index is 0. The highest BCUT2D eigenvalue weighted by molar-refractivity contribution is 14.0. The van der Waals surface area contributed by atoms with Gasteiger partial charge in [-0.2, -0.15) is 4.98 Å². The quantitative estimate of drug-likeness (QED) is 0.232. The van der Waals surface area contributed by atoms with E-state index in [9.17, 15) is 0 Å². The Morgan fingerprint density at radius 1 is 1.31 bits per heavy atom. The van der Waals surface area contributed by atoms with Crippen molar-refractivity contribution in [2.24, 2.45) is 10.4 Å². The number of aliphatic imine (C=N–C) groups is 1.